The lowest BCUT2D eigenvalue weighted by molar-refractivity contribution is -0.144. The van der Waals surface area contributed by atoms with Gasteiger partial charge < -0.3 is 24.3 Å². The molecular weight excluding hydrogens is 418 g/mol. The minimum atomic E-state index is -0.715. The number of rotatable bonds is 14. The largest absolute Gasteiger partial charge is 0.468 e. The molecule has 0 spiro atoms. The molecule has 0 bridgehead atoms. The fourth-order valence-electron chi connectivity index (χ4n) is 2.72. The van der Waals surface area contributed by atoms with Gasteiger partial charge in [0.2, 0.25) is 0 Å². The van der Waals surface area contributed by atoms with E-state index in [1.807, 2.05) is 13.8 Å². The summed E-state index contributed by atoms with van der Waals surface area (Å²) in [4.78, 5) is 47.4. The first-order chi connectivity index (χ1) is 15.3. The summed E-state index contributed by atoms with van der Waals surface area (Å²) in [6.07, 6.45) is 2.18. The number of esters is 4. The van der Waals surface area contributed by atoms with Crippen molar-refractivity contribution in [2.75, 3.05) is 20.3 Å². The van der Waals surface area contributed by atoms with Crippen molar-refractivity contribution in [1.29, 1.82) is 0 Å². The Balaban J connectivity index is 2.98. The van der Waals surface area contributed by atoms with Gasteiger partial charge in [-0.05, 0) is 37.0 Å². The highest BCUT2D eigenvalue weighted by Gasteiger charge is 2.21. The van der Waals surface area contributed by atoms with Crippen molar-refractivity contribution >= 4 is 23.9 Å². The maximum absolute atomic E-state index is 12.2. The Morgan fingerprint density at radius 2 is 1.53 bits per heavy atom. The second kappa shape index (κ2) is 15.0. The molecule has 1 atom stereocenters. The van der Waals surface area contributed by atoms with E-state index in [9.17, 15) is 19.2 Å². The standard InChI is InChI=1S/C23H33NO8/c1-5-8-21(26)31-18-11-10-16(15-19(18)32-22(27)9-6-2)14-17(23(28)29-4)24-12-13-30-20(25)7-3/h10-11,15,17,24H,5-9,12-14H2,1-4H3/t17-/m0/s1. The maximum atomic E-state index is 12.2. The molecule has 0 saturated carbocycles. The Morgan fingerprint density at radius 3 is 2.09 bits per heavy atom. The Hall–Kier alpha value is -2.94. The van der Waals surface area contributed by atoms with Crippen molar-refractivity contribution in [2.45, 2.75) is 65.3 Å². The second-order valence-corrected chi connectivity index (χ2v) is 7.04. The molecule has 0 aliphatic rings. The molecule has 1 N–H and O–H groups in total. The van der Waals surface area contributed by atoms with Crippen LogP contribution in [0.3, 0.4) is 0 Å². The van der Waals surface area contributed by atoms with Crippen molar-refractivity contribution in [2.24, 2.45) is 0 Å². The third kappa shape index (κ3) is 9.91. The zero-order valence-electron chi connectivity index (χ0n) is 19.2. The predicted octanol–water partition coefficient (Wildman–Crippen LogP) is 2.72. The van der Waals surface area contributed by atoms with Crippen LogP contribution in [0, 0.1) is 0 Å². The van der Waals surface area contributed by atoms with Crippen molar-refractivity contribution < 1.29 is 38.1 Å². The van der Waals surface area contributed by atoms with E-state index < -0.39 is 23.9 Å². The van der Waals surface area contributed by atoms with Crippen LogP contribution >= 0.6 is 0 Å². The van der Waals surface area contributed by atoms with Gasteiger partial charge in [0.15, 0.2) is 11.5 Å². The van der Waals surface area contributed by atoms with Crippen LogP contribution in [0.5, 0.6) is 11.5 Å². The summed E-state index contributed by atoms with van der Waals surface area (Å²) in [5, 5.41) is 3.00. The Kier molecular flexibility index (Phi) is 12.7. The monoisotopic (exact) mass is 451 g/mol. The van der Waals surface area contributed by atoms with Gasteiger partial charge in [0.25, 0.3) is 0 Å². The summed E-state index contributed by atoms with van der Waals surface area (Å²) < 4.78 is 20.6. The lowest BCUT2D eigenvalue weighted by atomic mass is 10.1. The maximum Gasteiger partial charge on any atom is 0.323 e. The van der Waals surface area contributed by atoms with Gasteiger partial charge in [0.05, 0.1) is 7.11 Å². The van der Waals surface area contributed by atoms with Crippen LogP contribution < -0.4 is 14.8 Å². The van der Waals surface area contributed by atoms with Crippen LogP contribution in [-0.4, -0.2) is 50.2 Å². The molecule has 1 aromatic carbocycles. The summed E-state index contributed by atoms with van der Waals surface area (Å²) in [6.45, 7) is 5.78. The van der Waals surface area contributed by atoms with E-state index in [1.54, 1.807) is 19.1 Å². The fourth-order valence-corrected chi connectivity index (χ4v) is 2.72. The molecule has 9 nitrogen and oxygen atoms in total. The van der Waals surface area contributed by atoms with Crippen LogP contribution in [-0.2, 0) is 35.1 Å². The average molecular weight is 452 g/mol. The van der Waals surface area contributed by atoms with Gasteiger partial charge in [-0.15, -0.1) is 0 Å². The second-order valence-electron chi connectivity index (χ2n) is 7.04. The average Bonchev–Trinajstić information content (AvgIpc) is 2.77. The molecule has 0 saturated heterocycles. The summed E-state index contributed by atoms with van der Waals surface area (Å²) in [5.41, 5.74) is 0.660. The number of benzene rings is 1. The van der Waals surface area contributed by atoms with Crippen LogP contribution in [0.4, 0.5) is 0 Å². The minimum Gasteiger partial charge on any atom is -0.468 e. The number of carbonyl (C=O) groups excluding carboxylic acids is 4. The molecule has 0 amide bonds. The van der Waals surface area contributed by atoms with E-state index in [4.69, 9.17) is 18.9 Å². The lowest BCUT2D eigenvalue weighted by Gasteiger charge is -2.18. The molecule has 0 aliphatic carbocycles. The van der Waals surface area contributed by atoms with Crippen molar-refractivity contribution in [3.05, 3.63) is 23.8 Å². The van der Waals surface area contributed by atoms with Crippen LogP contribution in [0.15, 0.2) is 18.2 Å². The predicted molar refractivity (Wildman–Crippen MR) is 116 cm³/mol. The molecular formula is C23H33NO8. The summed E-state index contributed by atoms with van der Waals surface area (Å²) in [7, 11) is 1.28. The lowest BCUT2D eigenvalue weighted by Crippen LogP contribution is -2.41. The number of hydrogen-bond donors (Lipinski definition) is 1. The van der Waals surface area contributed by atoms with E-state index in [1.165, 1.54) is 13.2 Å². The van der Waals surface area contributed by atoms with Gasteiger partial charge in [-0.25, -0.2) is 0 Å². The van der Waals surface area contributed by atoms with E-state index in [-0.39, 0.29) is 56.3 Å². The SMILES string of the molecule is CCCC(=O)Oc1ccc(C[C@H](NCCOC(=O)CC)C(=O)OC)cc1OC(=O)CCC. The van der Waals surface area contributed by atoms with E-state index in [2.05, 4.69) is 5.32 Å². The van der Waals surface area contributed by atoms with E-state index in [0.717, 1.165) is 0 Å². The normalized spacial score (nSPS) is 11.4. The molecule has 0 unspecified atom stereocenters. The molecule has 1 rings (SSSR count). The van der Waals surface area contributed by atoms with Gasteiger partial charge >= 0.3 is 23.9 Å². The number of hydrogen-bond acceptors (Lipinski definition) is 9. The molecule has 0 aliphatic heterocycles. The van der Waals surface area contributed by atoms with E-state index >= 15 is 0 Å². The molecule has 178 valence electrons. The first kappa shape index (κ1) is 27.1. The van der Waals surface area contributed by atoms with Gasteiger partial charge in [-0.1, -0.05) is 26.8 Å². The molecule has 0 fully saturated rings. The van der Waals surface area contributed by atoms with E-state index in [0.29, 0.717) is 18.4 Å². The summed E-state index contributed by atoms with van der Waals surface area (Å²) >= 11 is 0. The third-order valence-corrected chi connectivity index (χ3v) is 4.33. The van der Waals surface area contributed by atoms with Crippen molar-refractivity contribution in [3.8, 4) is 11.5 Å². The minimum absolute atomic E-state index is 0.117. The van der Waals surface area contributed by atoms with Gasteiger partial charge in [-0.2, -0.15) is 0 Å². The summed E-state index contributed by atoms with van der Waals surface area (Å²) in [6, 6.07) is 4.07. The van der Waals surface area contributed by atoms with Crippen LogP contribution in [0.2, 0.25) is 0 Å². The number of methoxy groups -OCH3 is 1. The first-order valence-corrected chi connectivity index (χ1v) is 10.9. The molecule has 0 radical (unpaired) electrons. The fraction of sp³-hybridized carbons (Fsp3) is 0.565. The topological polar surface area (TPSA) is 117 Å². The number of ether oxygens (including phenoxy) is 4. The smallest absolute Gasteiger partial charge is 0.323 e. The number of nitrogens with one attached hydrogen (secondary N) is 1. The van der Waals surface area contributed by atoms with Gasteiger partial charge in [-0.3, -0.25) is 19.2 Å². The number of carbonyl (C=O) groups is 4. The highest BCUT2D eigenvalue weighted by molar-refractivity contribution is 5.77. The zero-order chi connectivity index (χ0) is 23.9. The van der Waals surface area contributed by atoms with Crippen LogP contribution in [0.1, 0.15) is 58.4 Å². The summed E-state index contributed by atoms with van der Waals surface area (Å²) in [5.74, 6) is -1.43. The molecule has 9 heteroatoms. The molecule has 0 heterocycles. The van der Waals surface area contributed by atoms with Crippen molar-refractivity contribution in [1.82, 2.24) is 5.32 Å². The third-order valence-electron chi connectivity index (χ3n) is 4.33. The van der Waals surface area contributed by atoms with Gasteiger partial charge in [0, 0.05) is 25.8 Å². The van der Waals surface area contributed by atoms with Gasteiger partial charge in [0.1, 0.15) is 12.6 Å². The molecule has 1 aromatic rings. The zero-order valence-corrected chi connectivity index (χ0v) is 19.2. The molecule has 0 aromatic heterocycles. The first-order valence-electron chi connectivity index (χ1n) is 10.9. The quantitative estimate of drug-likeness (QED) is 0.259. The Morgan fingerprint density at radius 1 is 0.906 bits per heavy atom. The van der Waals surface area contributed by atoms with Crippen LogP contribution in [0.25, 0.3) is 0 Å². The molecule has 32 heavy (non-hydrogen) atoms. The Labute approximate surface area is 188 Å². The highest BCUT2D eigenvalue weighted by atomic mass is 16.6. The highest BCUT2D eigenvalue weighted by Crippen LogP contribution is 2.30. The van der Waals surface area contributed by atoms with Crippen molar-refractivity contribution in [3.63, 3.8) is 0 Å². The Bertz CT molecular complexity index is 777.